The van der Waals surface area contributed by atoms with Crippen LogP contribution in [0.3, 0.4) is 0 Å². The first-order chi connectivity index (χ1) is 27.1. The van der Waals surface area contributed by atoms with Gasteiger partial charge in [0, 0.05) is 98.0 Å². The molecule has 1 aliphatic carbocycles. The molecule has 1 unspecified atom stereocenters. The zero-order valence-electron chi connectivity index (χ0n) is 32.5. The minimum absolute atomic E-state index is 0.0871. The fraction of sp³-hybridized carbons (Fsp3) is 0.442. The van der Waals surface area contributed by atoms with Crippen LogP contribution in [0.25, 0.3) is 0 Å². The highest BCUT2D eigenvalue weighted by molar-refractivity contribution is 6.31. The summed E-state index contributed by atoms with van der Waals surface area (Å²) < 4.78 is 6.37. The number of fused-ring (bicyclic) bond motifs is 1. The van der Waals surface area contributed by atoms with Crippen molar-refractivity contribution >= 4 is 52.5 Å². The lowest BCUT2D eigenvalue weighted by molar-refractivity contribution is -0.164. The van der Waals surface area contributed by atoms with Crippen LogP contribution in [-0.2, 0) is 9.59 Å². The van der Waals surface area contributed by atoms with Crippen molar-refractivity contribution in [3.05, 3.63) is 87.9 Å². The van der Waals surface area contributed by atoms with E-state index in [4.69, 9.17) is 16.3 Å². The first-order valence-electron chi connectivity index (χ1n) is 19.5. The lowest BCUT2D eigenvalue weighted by atomic mass is 9.49. The predicted octanol–water partition coefficient (Wildman–Crippen LogP) is 4.48. The van der Waals surface area contributed by atoms with E-state index in [1.165, 1.54) is 0 Å². The molecule has 8 rings (SSSR count). The molecule has 14 heteroatoms. The first kappa shape index (κ1) is 38.4. The number of hydrogen-bond donors (Lipinski definition) is 2. The Morgan fingerprint density at radius 2 is 1.54 bits per heavy atom. The van der Waals surface area contributed by atoms with Gasteiger partial charge in [0.1, 0.15) is 24.0 Å². The van der Waals surface area contributed by atoms with Gasteiger partial charge in [-0.1, -0.05) is 39.3 Å². The topological polar surface area (TPSA) is 155 Å². The Hall–Kier alpha value is -5.45. The summed E-state index contributed by atoms with van der Waals surface area (Å²) in [5.41, 5.74) is 2.84. The highest BCUT2D eigenvalue weighted by atomic mass is 35.5. The second-order valence-electron chi connectivity index (χ2n) is 17.1. The quantitative estimate of drug-likeness (QED) is 0.297. The number of piperidine rings is 1. The third-order valence-electron chi connectivity index (χ3n) is 12.6. The number of carbonyl (C=O) groups excluding carboxylic acids is 5. The van der Waals surface area contributed by atoms with E-state index < -0.39 is 29.7 Å². The van der Waals surface area contributed by atoms with Gasteiger partial charge < -0.3 is 19.9 Å². The fourth-order valence-corrected chi connectivity index (χ4v) is 9.95. The zero-order valence-corrected chi connectivity index (χ0v) is 33.3. The lowest BCUT2D eigenvalue weighted by Gasteiger charge is -2.63. The number of imide groups is 2. The maximum Gasteiger partial charge on any atom is 0.262 e. The molecule has 1 saturated carbocycles. The molecule has 0 bridgehead atoms. The minimum atomic E-state index is -0.978. The number of hydrogen-bond acceptors (Lipinski definition) is 10. The molecule has 3 saturated heterocycles. The summed E-state index contributed by atoms with van der Waals surface area (Å²) in [7, 11) is 0. The van der Waals surface area contributed by atoms with Crippen molar-refractivity contribution in [3.63, 3.8) is 0 Å². The molecule has 2 N–H and O–H groups in total. The summed E-state index contributed by atoms with van der Waals surface area (Å²) in [6, 6.07) is 19.1. The molecule has 0 spiro atoms. The van der Waals surface area contributed by atoms with E-state index in [1.54, 1.807) is 30.3 Å². The molecule has 0 radical (unpaired) electrons. The number of nitriles is 1. The minimum Gasteiger partial charge on any atom is -0.489 e. The maximum absolute atomic E-state index is 13.4. The van der Waals surface area contributed by atoms with E-state index in [0.29, 0.717) is 33.4 Å². The van der Waals surface area contributed by atoms with Crippen LogP contribution in [0.15, 0.2) is 60.7 Å². The van der Waals surface area contributed by atoms with Crippen molar-refractivity contribution in [1.29, 1.82) is 5.26 Å². The molecule has 5 amide bonds. The Labute approximate surface area is 336 Å². The van der Waals surface area contributed by atoms with Crippen LogP contribution < -0.4 is 25.2 Å². The van der Waals surface area contributed by atoms with Crippen molar-refractivity contribution in [2.24, 2.45) is 16.7 Å². The molecule has 0 aromatic heterocycles. The molecule has 57 heavy (non-hydrogen) atoms. The molecule has 1 atom stereocenters. The van der Waals surface area contributed by atoms with Crippen molar-refractivity contribution in [1.82, 2.24) is 20.4 Å². The molecule has 4 aliphatic heterocycles. The average molecular weight is 792 g/mol. The summed E-state index contributed by atoms with van der Waals surface area (Å²) >= 11 is 6.24. The maximum atomic E-state index is 13.4. The van der Waals surface area contributed by atoms with Crippen LogP contribution in [0.2, 0.25) is 5.02 Å². The molecular formula is C43H46ClN7O6. The second-order valence-corrected chi connectivity index (χ2v) is 17.5. The number of carbonyl (C=O) groups is 5. The van der Waals surface area contributed by atoms with Crippen LogP contribution in [0.4, 0.5) is 11.4 Å². The molecular weight excluding hydrogens is 746 g/mol. The number of halogens is 1. The van der Waals surface area contributed by atoms with Gasteiger partial charge in [0.25, 0.3) is 17.7 Å². The number of piperazine rings is 1. The van der Waals surface area contributed by atoms with Gasteiger partial charge in [0.05, 0.1) is 21.7 Å². The smallest absolute Gasteiger partial charge is 0.262 e. The fourth-order valence-electron chi connectivity index (χ4n) is 9.74. The Morgan fingerprint density at radius 3 is 2.19 bits per heavy atom. The van der Waals surface area contributed by atoms with Crippen LogP contribution in [0.1, 0.15) is 77.2 Å². The van der Waals surface area contributed by atoms with Gasteiger partial charge in [0.2, 0.25) is 11.8 Å². The number of rotatable bonds is 9. The Morgan fingerprint density at radius 1 is 0.877 bits per heavy atom. The number of amides is 5. The van der Waals surface area contributed by atoms with Crippen molar-refractivity contribution < 1.29 is 28.7 Å². The van der Waals surface area contributed by atoms with E-state index in [1.807, 2.05) is 30.3 Å². The largest absolute Gasteiger partial charge is 0.489 e. The molecule has 4 heterocycles. The molecule has 4 fully saturated rings. The molecule has 296 valence electrons. The second kappa shape index (κ2) is 14.5. The number of benzene rings is 3. The van der Waals surface area contributed by atoms with Crippen molar-refractivity contribution in [2.75, 3.05) is 55.6 Å². The van der Waals surface area contributed by atoms with E-state index in [0.717, 1.165) is 62.1 Å². The van der Waals surface area contributed by atoms with Crippen molar-refractivity contribution in [2.45, 2.75) is 58.7 Å². The summed E-state index contributed by atoms with van der Waals surface area (Å²) in [6.07, 6.45) is 0.0339. The van der Waals surface area contributed by atoms with E-state index in [9.17, 15) is 29.2 Å². The van der Waals surface area contributed by atoms with Gasteiger partial charge in [-0.15, -0.1) is 0 Å². The number of nitrogens with one attached hydrogen (secondary N) is 2. The summed E-state index contributed by atoms with van der Waals surface area (Å²) in [5.74, 6) is -1.00. The van der Waals surface area contributed by atoms with Crippen LogP contribution in [0.5, 0.6) is 5.75 Å². The van der Waals surface area contributed by atoms with Gasteiger partial charge in [0.15, 0.2) is 0 Å². The third-order valence-corrected chi connectivity index (χ3v) is 12.9. The van der Waals surface area contributed by atoms with E-state index in [2.05, 4.69) is 59.1 Å². The molecule has 13 nitrogen and oxygen atoms in total. The first-order valence-corrected chi connectivity index (χ1v) is 19.9. The van der Waals surface area contributed by atoms with Crippen LogP contribution >= 0.6 is 11.6 Å². The number of anilines is 2. The summed E-state index contributed by atoms with van der Waals surface area (Å²) in [5, 5.41) is 15.1. The number of ether oxygens (including phenoxy) is 1. The Kier molecular flexibility index (Phi) is 9.77. The van der Waals surface area contributed by atoms with Gasteiger partial charge in [-0.3, -0.25) is 39.1 Å². The Bertz CT molecular complexity index is 2190. The van der Waals surface area contributed by atoms with E-state index in [-0.39, 0.29) is 47.3 Å². The van der Waals surface area contributed by atoms with Gasteiger partial charge in [-0.2, -0.15) is 5.26 Å². The Balaban J connectivity index is 0.793. The number of nitrogens with zero attached hydrogens (tertiary/aromatic N) is 5. The normalized spacial score (nSPS) is 24.3. The highest BCUT2D eigenvalue weighted by Crippen LogP contribution is 2.55. The highest BCUT2D eigenvalue weighted by Gasteiger charge is 2.64. The van der Waals surface area contributed by atoms with Gasteiger partial charge >= 0.3 is 0 Å². The zero-order chi connectivity index (χ0) is 40.4. The monoisotopic (exact) mass is 791 g/mol. The predicted molar refractivity (Wildman–Crippen MR) is 213 cm³/mol. The summed E-state index contributed by atoms with van der Waals surface area (Å²) in [4.78, 5) is 71.9. The van der Waals surface area contributed by atoms with Gasteiger partial charge in [-0.25, -0.2) is 0 Å². The van der Waals surface area contributed by atoms with E-state index >= 15 is 0 Å². The standard InChI is InChI=1S/C43H46ClN7O6/c1-42(2)40(43(3,4)41(42)57-30-11-7-27(21-45)33(44)20-30)47-36(53)26-5-8-28(9-6-26)50-23-25(24-50)22-48-15-17-49(18-16-48)29-10-12-31-32(19-29)39(56)51(38(31)55)34-13-14-35(52)46-37(34)54/h5-12,19-20,25,34,40-41H,13-18,22-24H2,1-4H3,(H,47,53)(H,46,52,54). The van der Waals surface area contributed by atoms with Crippen LogP contribution in [0, 0.1) is 28.1 Å². The van der Waals surface area contributed by atoms with Crippen LogP contribution in [-0.4, -0.2) is 103 Å². The average Bonchev–Trinajstić information content (AvgIpc) is 3.42. The summed E-state index contributed by atoms with van der Waals surface area (Å²) in [6.45, 7) is 14.5. The molecule has 3 aromatic rings. The SMILES string of the molecule is CC1(C)C(NC(=O)c2ccc(N3CC(CN4CCN(c5ccc6c(c5)C(=O)N(C5CCC(=O)NC5=O)C6=O)CC4)C3)cc2)C(C)(C)C1Oc1ccc(C#N)c(Cl)c1. The molecule has 3 aromatic carbocycles. The third kappa shape index (κ3) is 6.89. The lowest BCUT2D eigenvalue weighted by Crippen LogP contribution is -2.74. The van der Waals surface area contributed by atoms with Gasteiger partial charge in [-0.05, 0) is 61.0 Å². The van der Waals surface area contributed by atoms with Crippen molar-refractivity contribution in [3.8, 4) is 11.8 Å². The molecule has 5 aliphatic rings.